The van der Waals surface area contributed by atoms with Gasteiger partial charge >= 0.3 is 0 Å². The third kappa shape index (κ3) is 1.90. The summed E-state index contributed by atoms with van der Waals surface area (Å²) in [7, 11) is 2.07. The van der Waals surface area contributed by atoms with Gasteiger partial charge < -0.3 is 5.73 Å². The summed E-state index contributed by atoms with van der Waals surface area (Å²) in [6.07, 6.45) is 1.01. The van der Waals surface area contributed by atoms with Gasteiger partial charge in [0.2, 0.25) is 0 Å². The molecule has 1 aliphatic rings. The number of rotatable bonds is 1. The van der Waals surface area contributed by atoms with E-state index in [9.17, 15) is 4.39 Å². The summed E-state index contributed by atoms with van der Waals surface area (Å²) in [5.74, 6) is -0.175. The number of halogens is 1. The van der Waals surface area contributed by atoms with Gasteiger partial charge in [-0.15, -0.1) is 0 Å². The van der Waals surface area contributed by atoms with E-state index in [0.717, 1.165) is 24.1 Å². The Kier molecular flexibility index (Phi) is 2.76. The van der Waals surface area contributed by atoms with Crippen molar-refractivity contribution in [3.63, 3.8) is 0 Å². The van der Waals surface area contributed by atoms with Crippen molar-refractivity contribution < 1.29 is 4.39 Å². The topological polar surface area (TPSA) is 29.3 Å². The van der Waals surface area contributed by atoms with E-state index in [1.807, 2.05) is 13.0 Å². The van der Waals surface area contributed by atoms with Gasteiger partial charge in [0.25, 0.3) is 0 Å². The van der Waals surface area contributed by atoms with Gasteiger partial charge in [0, 0.05) is 18.6 Å². The van der Waals surface area contributed by atoms with Crippen LogP contribution in [0.15, 0.2) is 18.2 Å². The maximum absolute atomic E-state index is 13.0. The van der Waals surface area contributed by atoms with Crippen LogP contribution in [0.4, 0.5) is 4.39 Å². The van der Waals surface area contributed by atoms with Crippen LogP contribution in [0.5, 0.6) is 0 Å². The first-order valence-electron chi connectivity index (χ1n) is 5.31. The van der Waals surface area contributed by atoms with Crippen molar-refractivity contribution in [3.05, 3.63) is 35.1 Å². The lowest BCUT2D eigenvalue weighted by atomic mass is 9.96. The van der Waals surface area contributed by atoms with E-state index in [0.29, 0.717) is 0 Å². The molecule has 82 valence electrons. The van der Waals surface area contributed by atoms with Crippen molar-refractivity contribution in [2.75, 3.05) is 13.6 Å². The molecule has 1 fully saturated rings. The number of hydrogen-bond donors (Lipinski definition) is 1. The fourth-order valence-corrected chi connectivity index (χ4v) is 2.42. The Labute approximate surface area is 89.9 Å². The first-order chi connectivity index (χ1) is 7.09. The molecule has 1 aromatic rings. The Bertz CT molecular complexity index is 355. The number of likely N-dealkylation sites (N-methyl/N-ethyl adjacent to an activating group) is 1. The monoisotopic (exact) mass is 208 g/mol. The highest BCUT2D eigenvalue weighted by molar-refractivity contribution is 5.31. The van der Waals surface area contributed by atoms with Gasteiger partial charge in [-0.2, -0.15) is 0 Å². The number of nitrogens with two attached hydrogens (primary N) is 1. The number of nitrogens with zero attached hydrogens (tertiary/aromatic N) is 1. The van der Waals surface area contributed by atoms with Crippen LogP contribution in [0.3, 0.4) is 0 Å². The molecular weight excluding hydrogens is 191 g/mol. The van der Waals surface area contributed by atoms with Gasteiger partial charge in [-0.1, -0.05) is 6.07 Å². The number of likely N-dealkylation sites (tertiary alicyclic amines) is 1. The van der Waals surface area contributed by atoms with Crippen molar-refractivity contribution in [3.8, 4) is 0 Å². The lowest BCUT2D eigenvalue weighted by molar-refractivity contribution is 0.303. The molecule has 0 radical (unpaired) electrons. The molecule has 0 saturated carbocycles. The summed E-state index contributed by atoms with van der Waals surface area (Å²) in [4.78, 5) is 2.24. The van der Waals surface area contributed by atoms with Crippen LogP contribution >= 0.6 is 0 Å². The Morgan fingerprint density at radius 3 is 2.73 bits per heavy atom. The largest absolute Gasteiger partial charge is 0.326 e. The second kappa shape index (κ2) is 3.91. The maximum Gasteiger partial charge on any atom is 0.123 e. The van der Waals surface area contributed by atoms with Gasteiger partial charge in [0.15, 0.2) is 0 Å². The summed E-state index contributed by atoms with van der Waals surface area (Å²) in [6.45, 7) is 2.96. The van der Waals surface area contributed by atoms with Gasteiger partial charge in [-0.05, 0) is 43.7 Å². The molecule has 15 heavy (non-hydrogen) atoms. The minimum atomic E-state index is -0.175. The molecule has 0 spiro atoms. The fourth-order valence-electron chi connectivity index (χ4n) is 2.42. The molecule has 2 unspecified atom stereocenters. The van der Waals surface area contributed by atoms with E-state index in [4.69, 9.17) is 5.73 Å². The van der Waals surface area contributed by atoms with Crippen LogP contribution in [-0.4, -0.2) is 24.5 Å². The zero-order chi connectivity index (χ0) is 11.0. The molecule has 0 amide bonds. The van der Waals surface area contributed by atoms with Crippen LogP contribution < -0.4 is 5.73 Å². The maximum atomic E-state index is 13.0. The van der Waals surface area contributed by atoms with Crippen molar-refractivity contribution in [1.29, 1.82) is 0 Å². The molecule has 3 heteroatoms. The quantitative estimate of drug-likeness (QED) is 0.763. The van der Waals surface area contributed by atoms with Crippen molar-refractivity contribution in [1.82, 2.24) is 4.90 Å². The zero-order valence-corrected chi connectivity index (χ0v) is 9.20. The Balaban J connectivity index is 2.36. The molecule has 2 atom stereocenters. The van der Waals surface area contributed by atoms with Gasteiger partial charge in [0.1, 0.15) is 5.82 Å². The summed E-state index contributed by atoms with van der Waals surface area (Å²) in [5.41, 5.74) is 8.22. The number of benzene rings is 1. The van der Waals surface area contributed by atoms with E-state index in [2.05, 4.69) is 11.9 Å². The van der Waals surface area contributed by atoms with Gasteiger partial charge in [-0.25, -0.2) is 4.39 Å². The smallest absolute Gasteiger partial charge is 0.123 e. The summed E-state index contributed by atoms with van der Waals surface area (Å²) >= 11 is 0. The minimum Gasteiger partial charge on any atom is -0.326 e. The lowest BCUT2D eigenvalue weighted by Gasteiger charge is -2.24. The summed E-state index contributed by atoms with van der Waals surface area (Å²) < 4.78 is 13.0. The van der Waals surface area contributed by atoms with Crippen LogP contribution in [0.1, 0.15) is 23.6 Å². The summed E-state index contributed by atoms with van der Waals surface area (Å²) in [5, 5.41) is 0. The van der Waals surface area contributed by atoms with E-state index in [1.54, 1.807) is 6.07 Å². The van der Waals surface area contributed by atoms with Crippen LogP contribution in [0.25, 0.3) is 0 Å². The molecule has 2 rings (SSSR count). The van der Waals surface area contributed by atoms with Crippen LogP contribution in [0, 0.1) is 12.7 Å². The lowest BCUT2D eigenvalue weighted by Crippen LogP contribution is -2.30. The Morgan fingerprint density at radius 2 is 2.20 bits per heavy atom. The molecule has 0 aromatic heterocycles. The predicted octanol–water partition coefficient (Wildman–Crippen LogP) is 1.84. The van der Waals surface area contributed by atoms with Crippen LogP contribution in [0.2, 0.25) is 0 Å². The van der Waals surface area contributed by atoms with Crippen LogP contribution in [-0.2, 0) is 0 Å². The second-order valence-electron chi connectivity index (χ2n) is 4.38. The van der Waals surface area contributed by atoms with Gasteiger partial charge in [-0.3, -0.25) is 4.90 Å². The van der Waals surface area contributed by atoms with Crippen molar-refractivity contribution in [2.24, 2.45) is 5.73 Å². The fraction of sp³-hybridized carbons (Fsp3) is 0.500. The average molecular weight is 208 g/mol. The number of hydrogen-bond acceptors (Lipinski definition) is 2. The molecule has 1 aromatic carbocycles. The highest BCUT2D eigenvalue weighted by atomic mass is 19.1. The molecular formula is C12H17FN2. The van der Waals surface area contributed by atoms with E-state index in [1.165, 1.54) is 6.07 Å². The van der Waals surface area contributed by atoms with E-state index >= 15 is 0 Å². The minimum absolute atomic E-state index is 0.166. The van der Waals surface area contributed by atoms with Crippen molar-refractivity contribution in [2.45, 2.75) is 25.4 Å². The first kappa shape index (κ1) is 10.6. The molecule has 1 heterocycles. The first-order valence-corrected chi connectivity index (χ1v) is 5.31. The average Bonchev–Trinajstić information content (AvgIpc) is 2.48. The normalized spacial score (nSPS) is 27.2. The predicted molar refractivity (Wildman–Crippen MR) is 59.1 cm³/mol. The molecule has 2 N–H and O–H groups in total. The molecule has 2 nitrogen and oxygen atoms in total. The molecule has 0 aliphatic carbocycles. The van der Waals surface area contributed by atoms with Gasteiger partial charge in [0.05, 0.1) is 0 Å². The van der Waals surface area contributed by atoms with E-state index < -0.39 is 0 Å². The molecule has 0 bridgehead atoms. The highest BCUT2D eigenvalue weighted by Crippen LogP contribution is 2.31. The zero-order valence-electron chi connectivity index (χ0n) is 9.20. The van der Waals surface area contributed by atoms with E-state index in [-0.39, 0.29) is 17.9 Å². The second-order valence-corrected chi connectivity index (χ2v) is 4.38. The SMILES string of the molecule is Cc1cc(F)ccc1C1C(N)CCN1C. The molecule has 1 aliphatic heterocycles. The molecule has 1 saturated heterocycles. The van der Waals surface area contributed by atoms with Crippen molar-refractivity contribution >= 4 is 0 Å². The third-order valence-electron chi connectivity index (χ3n) is 3.25. The Morgan fingerprint density at radius 1 is 1.47 bits per heavy atom. The summed E-state index contributed by atoms with van der Waals surface area (Å²) in [6, 6.07) is 5.36. The number of aryl methyl sites for hydroxylation is 1. The highest BCUT2D eigenvalue weighted by Gasteiger charge is 2.31. The third-order valence-corrected chi connectivity index (χ3v) is 3.25. The standard InChI is InChI=1S/C12H17FN2/c1-8-7-9(13)3-4-10(8)12-11(14)5-6-15(12)2/h3-4,7,11-12H,5-6,14H2,1-2H3. The Hall–Kier alpha value is -0.930.